The second kappa shape index (κ2) is 7.54. The number of nitrogens with zero attached hydrogens (tertiary/aromatic N) is 3. The Kier molecular flexibility index (Phi) is 5.70. The van der Waals surface area contributed by atoms with Gasteiger partial charge in [0, 0.05) is 37.0 Å². The van der Waals surface area contributed by atoms with Crippen molar-refractivity contribution in [3.05, 3.63) is 28.5 Å². The fraction of sp³-hybridized carbons (Fsp3) is 0.467. The van der Waals surface area contributed by atoms with Crippen LogP contribution >= 0.6 is 15.9 Å². The van der Waals surface area contributed by atoms with E-state index in [1.54, 1.807) is 19.3 Å². The minimum atomic E-state index is -0.882. The molecule has 0 aromatic carbocycles. The summed E-state index contributed by atoms with van der Waals surface area (Å²) < 4.78 is 0.684. The van der Waals surface area contributed by atoms with E-state index in [4.69, 9.17) is 5.11 Å². The maximum Gasteiger partial charge on any atom is 0.308 e. The zero-order valence-corrected chi connectivity index (χ0v) is 14.3. The van der Waals surface area contributed by atoms with E-state index in [9.17, 15) is 14.4 Å². The third-order valence-electron chi connectivity index (χ3n) is 3.79. The highest BCUT2D eigenvalue weighted by Gasteiger charge is 2.29. The Morgan fingerprint density at radius 3 is 2.83 bits per heavy atom. The largest absolute Gasteiger partial charge is 0.481 e. The number of amides is 2. The molecule has 1 aromatic heterocycles. The number of pyridine rings is 1. The molecule has 1 fully saturated rings. The van der Waals surface area contributed by atoms with Crippen LogP contribution in [0.4, 0.5) is 0 Å². The molecule has 1 unspecified atom stereocenters. The van der Waals surface area contributed by atoms with Gasteiger partial charge in [-0.25, -0.2) is 0 Å². The van der Waals surface area contributed by atoms with Gasteiger partial charge in [-0.15, -0.1) is 0 Å². The summed E-state index contributed by atoms with van der Waals surface area (Å²) in [6.07, 6.45) is 4.25. The number of carbonyl (C=O) groups excluding carboxylic acids is 2. The maximum atomic E-state index is 12.3. The first-order chi connectivity index (χ1) is 10.9. The number of likely N-dealkylation sites (tertiary alicyclic amines) is 1. The van der Waals surface area contributed by atoms with Crippen LogP contribution in [0.3, 0.4) is 0 Å². The number of rotatable bonds is 4. The lowest BCUT2D eigenvalue weighted by Crippen LogP contribution is -2.46. The zero-order chi connectivity index (χ0) is 17.0. The van der Waals surface area contributed by atoms with Crippen molar-refractivity contribution in [1.29, 1.82) is 0 Å². The predicted octanol–water partition coefficient (Wildman–Crippen LogP) is 1.24. The first kappa shape index (κ1) is 17.4. The minimum absolute atomic E-state index is 0.0856. The highest BCUT2D eigenvalue weighted by Crippen LogP contribution is 2.17. The Morgan fingerprint density at radius 1 is 1.43 bits per heavy atom. The van der Waals surface area contributed by atoms with Crippen LogP contribution < -0.4 is 0 Å². The summed E-state index contributed by atoms with van der Waals surface area (Å²) in [5.74, 6) is -1.95. The van der Waals surface area contributed by atoms with Crippen molar-refractivity contribution in [2.75, 3.05) is 26.7 Å². The average Bonchev–Trinajstić information content (AvgIpc) is 2.54. The van der Waals surface area contributed by atoms with E-state index in [1.165, 1.54) is 16.0 Å². The first-order valence-electron chi connectivity index (χ1n) is 7.25. The summed E-state index contributed by atoms with van der Waals surface area (Å²) >= 11 is 3.25. The van der Waals surface area contributed by atoms with Crippen LogP contribution in [0.25, 0.3) is 0 Å². The van der Waals surface area contributed by atoms with E-state index in [2.05, 4.69) is 20.9 Å². The molecule has 1 aliphatic rings. The molecule has 124 valence electrons. The normalized spacial score (nSPS) is 17.7. The number of halogens is 1. The van der Waals surface area contributed by atoms with E-state index in [0.717, 1.165) is 0 Å². The van der Waals surface area contributed by atoms with E-state index < -0.39 is 11.9 Å². The third kappa shape index (κ3) is 4.51. The summed E-state index contributed by atoms with van der Waals surface area (Å²) in [7, 11) is 1.54. The molecule has 0 radical (unpaired) electrons. The number of carboxylic acid groups (broad SMARTS) is 1. The number of aromatic nitrogens is 1. The highest BCUT2D eigenvalue weighted by molar-refractivity contribution is 9.10. The maximum absolute atomic E-state index is 12.3. The molecule has 2 amide bonds. The summed E-state index contributed by atoms with van der Waals surface area (Å²) in [4.78, 5) is 42.4. The molecular formula is C15H18BrN3O4. The molecular weight excluding hydrogens is 366 g/mol. The molecule has 23 heavy (non-hydrogen) atoms. The Balaban J connectivity index is 1.96. The number of likely N-dealkylation sites (N-methyl/N-ethyl adjacent to an activating group) is 1. The predicted molar refractivity (Wildman–Crippen MR) is 85.8 cm³/mol. The lowest BCUT2D eigenvalue weighted by Gasteiger charge is -2.32. The summed E-state index contributed by atoms with van der Waals surface area (Å²) in [6.45, 7) is 0.648. The molecule has 0 spiro atoms. The van der Waals surface area contributed by atoms with Crippen LogP contribution in [0.2, 0.25) is 0 Å². The number of hydrogen-bond donors (Lipinski definition) is 1. The number of carboxylic acids is 1. The second-order valence-corrected chi connectivity index (χ2v) is 6.49. The van der Waals surface area contributed by atoms with Crippen molar-refractivity contribution in [2.45, 2.75) is 12.8 Å². The van der Waals surface area contributed by atoms with Crippen molar-refractivity contribution >= 4 is 33.7 Å². The number of piperidine rings is 1. The quantitative estimate of drug-likeness (QED) is 0.844. The van der Waals surface area contributed by atoms with Gasteiger partial charge in [0.05, 0.1) is 18.0 Å². The van der Waals surface area contributed by atoms with Gasteiger partial charge in [0.1, 0.15) is 0 Å². The Hall–Kier alpha value is -1.96. The topological polar surface area (TPSA) is 90.8 Å². The van der Waals surface area contributed by atoms with Gasteiger partial charge in [0.25, 0.3) is 5.91 Å². The summed E-state index contributed by atoms with van der Waals surface area (Å²) in [5, 5.41) is 9.07. The Bertz CT molecular complexity index is 622. The van der Waals surface area contributed by atoms with Crippen LogP contribution in [0.5, 0.6) is 0 Å². The highest BCUT2D eigenvalue weighted by atomic mass is 79.9. The molecule has 1 atom stereocenters. The SMILES string of the molecule is CN(CC(=O)N1CCCC(C(=O)O)C1)C(=O)c1cncc(Br)c1. The fourth-order valence-electron chi connectivity index (χ4n) is 2.53. The summed E-state index contributed by atoms with van der Waals surface area (Å²) in [6, 6.07) is 1.64. The molecule has 7 nitrogen and oxygen atoms in total. The summed E-state index contributed by atoms with van der Waals surface area (Å²) in [5.41, 5.74) is 0.386. The van der Waals surface area contributed by atoms with Gasteiger partial charge in [-0.2, -0.15) is 0 Å². The van der Waals surface area contributed by atoms with E-state index in [-0.39, 0.29) is 24.9 Å². The molecule has 0 aliphatic carbocycles. The second-order valence-electron chi connectivity index (χ2n) is 5.57. The third-order valence-corrected chi connectivity index (χ3v) is 4.23. The fourth-order valence-corrected chi connectivity index (χ4v) is 2.89. The molecule has 1 aliphatic heterocycles. The molecule has 1 aromatic rings. The lowest BCUT2D eigenvalue weighted by atomic mass is 9.98. The van der Waals surface area contributed by atoms with E-state index in [0.29, 0.717) is 29.4 Å². The van der Waals surface area contributed by atoms with Crippen LogP contribution in [-0.4, -0.2) is 64.4 Å². The molecule has 1 saturated heterocycles. The monoisotopic (exact) mass is 383 g/mol. The van der Waals surface area contributed by atoms with E-state index >= 15 is 0 Å². The lowest BCUT2D eigenvalue weighted by molar-refractivity contribution is -0.145. The smallest absolute Gasteiger partial charge is 0.308 e. The Labute approximate surface area is 142 Å². The molecule has 1 N–H and O–H groups in total. The van der Waals surface area contributed by atoms with Crippen molar-refractivity contribution in [3.63, 3.8) is 0 Å². The first-order valence-corrected chi connectivity index (χ1v) is 8.04. The van der Waals surface area contributed by atoms with Gasteiger partial charge in [-0.3, -0.25) is 19.4 Å². The van der Waals surface area contributed by atoms with Crippen molar-refractivity contribution < 1.29 is 19.5 Å². The molecule has 2 heterocycles. The van der Waals surface area contributed by atoms with E-state index in [1.807, 2.05) is 0 Å². The van der Waals surface area contributed by atoms with Crippen LogP contribution in [-0.2, 0) is 9.59 Å². The number of hydrogen-bond acceptors (Lipinski definition) is 4. The number of aliphatic carboxylic acids is 1. The van der Waals surface area contributed by atoms with Crippen LogP contribution in [0.15, 0.2) is 22.9 Å². The standard InChI is InChI=1S/C15H18BrN3O4/c1-18(14(21)11-5-12(16)7-17-6-11)9-13(20)19-4-2-3-10(8-19)15(22)23/h5-7,10H,2-4,8-9H2,1H3,(H,22,23). The zero-order valence-electron chi connectivity index (χ0n) is 12.7. The minimum Gasteiger partial charge on any atom is -0.481 e. The van der Waals surface area contributed by atoms with Crippen LogP contribution in [0, 0.1) is 5.92 Å². The molecule has 0 saturated carbocycles. The molecule has 0 bridgehead atoms. The molecule has 2 rings (SSSR count). The van der Waals surface area contributed by atoms with Gasteiger partial charge in [-0.05, 0) is 34.8 Å². The number of carbonyl (C=O) groups is 3. The van der Waals surface area contributed by atoms with Gasteiger partial charge in [0.2, 0.25) is 5.91 Å². The Morgan fingerprint density at radius 2 is 2.17 bits per heavy atom. The van der Waals surface area contributed by atoms with Crippen molar-refractivity contribution in [1.82, 2.24) is 14.8 Å². The molecule has 8 heteroatoms. The van der Waals surface area contributed by atoms with Gasteiger partial charge >= 0.3 is 5.97 Å². The van der Waals surface area contributed by atoms with Gasteiger partial charge < -0.3 is 14.9 Å². The van der Waals surface area contributed by atoms with Gasteiger partial charge in [-0.1, -0.05) is 0 Å². The van der Waals surface area contributed by atoms with Crippen molar-refractivity contribution in [2.24, 2.45) is 5.92 Å². The van der Waals surface area contributed by atoms with Crippen molar-refractivity contribution in [3.8, 4) is 0 Å². The average molecular weight is 384 g/mol. The van der Waals surface area contributed by atoms with Gasteiger partial charge in [0.15, 0.2) is 0 Å². The van der Waals surface area contributed by atoms with Crippen LogP contribution in [0.1, 0.15) is 23.2 Å².